The van der Waals surface area contributed by atoms with Crippen LogP contribution in [0.2, 0.25) is 0 Å². The molecule has 52 valence electrons. The van der Waals surface area contributed by atoms with E-state index in [1.807, 2.05) is 6.92 Å². The van der Waals surface area contributed by atoms with Gasteiger partial charge in [-0.2, -0.15) is 0 Å². The Balaban J connectivity index is 3.36. The van der Waals surface area contributed by atoms with Gasteiger partial charge in [-0.15, -0.1) is 5.92 Å². The van der Waals surface area contributed by atoms with Crippen LogP contribution in [-0.4, -0.2) is 12.1 Å². The third kappa shape index (κ3) is 7.52. The first-order chi connectivity index (χ1) is 4.06. The molecular formula is C8H15N. The monoisotopic (exact) mass is 125 g/mol. The van der Waals surface area contributed by atoms with E-state index in [4.69, 9.17) is 0 Å². The van der Waals surface area contributed by atoms with Crippen LogP contribution in [0, 0.1) is 11.8 Å². The van der Waals surface area contributed by atoms with Crippen LogP contribution < -0.4 is 5.32 Å². The van der Waals surface area contributed by atoms with Gasteiger partial charge in [0.25, 0.3) is 0 Å². The normalized spacial score (nSPS) is 10.2. The highest BCUT2D eigenvalue weighted by Crippen LogP contribution is 1.95. The fourth-order valence-electron chi connectivity index (χ4n) is 0.398. The van der Waals surface area contributed by atoms with Crippen molar-refractivity contribution < 1.29 is 0 Å². The summed E-state index contributed by atoms with van der Waals surface area (Å²) >= 11 is 0. The smallest absolute Gasteiger partial charge is 0.0580 e. The Morgan fingerprint density at radius 3 is 2.22 bits per heavy atom. The molecule has 0 heterocycles. The highest BCUT2D eigenvalue weighted by molar-refractivity contribution is 4.98. The van der Waals surface area contributed by atoms with E-state index in [1.54, 1.807) is 0 Å². The maximum Gasteiger partial charge on any atom is 0.0580 e. The molecule has 0 fully saturated rings. The summed E-state index contributed by atoms with van der Waals surface area (Å²) in [4.78, 5) is 0. The Kier molecular flexibility index (Phi) is 3.34. The van der Waals surface area contributed by atoms with Crippen LogP contribution in [0.15, 0.2) is 0 Å². The van der Waals surface area contributed by atoms with Crippen molar-refractivity contribution >= 4 is 0 Å². The van der Waals surface area contributed by atoms with Gasteiger partial charge in [-0.1, -0.05) is 5.92 Å². The maximum atomic E-state index is 3.25. The van der Waals surface area contributed by atoms with Gasteiger partial charge in [0, 0.05) is 5.54 Å². The lowest BCUT2D eigenvalue weighted by Gasteiger charge is -2.17. The minimum absolute atomic E-state index is 0.198. The van der Waals surface area contributed by atoms with Crippen LogP contribution in [0.25, 0.3) is 0 Å². The van der Waals surface area contributed by atoms with Gasteiger partial charge in [0.1, 0.15) is 0 Å². The lowest BCUT2D eigenvalue weighted by atomic mass is 10.1. The zero-order valence-corrected chi connectivity index (χ0v) is 6.71. The predicted octanol–water partition coefficient (Wildman–Crippen LogP) is 1.40. The maximum absolute atomic E-state index is 3.25. The van der Waals surface area contributed by atoms with Crippen LogP contribution in [0.4, 0.5) is 0 Å². The van der Waals surface area contributed by atoms with Crippen molar-refractivity contribution in [3.8, 4) is 11.8 Å². The van der Waals surface area contributed by atoms with Crippen LogP contribution >= 0.6 is 0 Å². The van der Waals surface area contributed by atoms with Crippen molar-refractivity contribution in [2.45, 2.75) is 33.2 Å². The van der Waals surface area contributed by atoms with Gasteiger partial charge in [-0.25, -0.2) is 0 Å². The summed E-state index contributed by atoms with van der Waals surface area (Å²) < 4.78 is 0. The van der Waals surface area contributed by atoms with Gasteiger partial charge in [-0.3, -0.25) is 0 Å². The molecule has 1 heteroatoms. The summed E-state index contributed by atoms with van der Waals surface area (Å²) in [6.07, 6.45) is 0. The molecule has 0 amide bonds. The summed E-state index contributed by atoms with van der Waals surface area (Å²) in [5.41, 5.74) is 0.198. The van der Waals surface area contributed by atoms with E-state index in [1.165, 1.54) is 0 Å². The second-order valence-corrected chi connectivity index (χ2v) is 3.03. The van der Waals surface area contributed by atoms with Crippen LogP contribution in [0.5, 0.6) is 0 Å². The molecule has 0 atom stereocenters. The van der Waals surface area contributed by atoms with E-state index in [-0.39, 0.29) is 5.54 Å². The Labute approximate surface area is 57.8 Å². The number of rotatable bonds is 1. The second-order valence-electron chi connectivity index (χ2n) is 3.03. The lowest BCUT2D eigenvalue weighted by molar-refractivity contribution is 0.452. The van der Waals surface area contributed by atoms with Crippen LogP contribution in [0.1, 0.15) is 27.7 Å². The fraction of sp³-hybridized carbons (Fsp3) is 0.750. The highest BCUT2D eigenvalue weighted by atomic mass is 14.9. The SMILES string of the molecule is CC#CCNC(C)(C)C. The summed E-state index contributed by atoms with van der Waals surface area (Å²) in [7, 11) is 0. The molecular weight excluding hydrogens is 110 g/mol. The number of hydrogen-bond acceptors (Lipinski definition) is 1. The Morgan fingerprint density at radius 1 is 1.33 bits per heavy atom. The zero-order chi connectivity index (χ0) is 7.33. The first-order valence-electron chi connectivity index (χ1n) is 3.21. The molecule has 9 heavy (non-hydrogen) atoms. The summed E-state index contributed by atoms with van der Waals surface area (Å²) in [6, 6.07) is 0. The molecule has 1 N–H and O–H groups in total. The van der Waals surface area contributed by atoms with Gasteiger partial charge >= 0.3 is 0 Å². The Bertz CT molecular complexity index is 120. The molecule has 0 aliphatic heterocycles. The predicted molar refractivity (Wildman–Crippen MR) is 41.2 cm³/mol. The van der Waals surface area contributed by atoms with Crippen molar-refractivity contribution in [3.63, 3.8) is 0 Å². The number of nitrogens with one attached hydrogen (secondary N) is 1. The molecule has 0 spiro atoms. The van der Waals surface area contributed by atoms with Gasteiger partial charge < -0.3 is 5.32 Å². The molecule has 0 aromatic heterocycles. The van der Waals surface area contributed by atoms with E-state index in [2.05, 4.69) is 37.9 Å². The van der Waals surface area contributed by atoms with Gasteiger partial charge in [-0.05, 0) is 27.7 Å². The Hall–Kier alpha value is -0.480. The minimum Gasteiger partial charge on any atom is -0.301 e. The standard InChI is InChI=1S/C8H15N/c1-5-6-7-9-8(2,3)4/h9H,7H2,1-4H3. The van der Waals surface area contributed by atoms with Crippen LogP contribution in [0.3, 0.4) is 0 Å². The molecule has 0 rings (SSSR count). The third-order valence-electron chi connectivity index (χ3n) is 0.884. The summed E-state index contributed by atoms with van der Waals surface area (Å²) in [6.45, 7) is 9.03. The molecule has 0 aromatic carbocycles. The average molecular weight is 125 g/mol. The first-order valence-corrected chi connectivity index (χ1v) is 3.21. The van der Waals surface area contributed by atoms with Crippen LogP contribution in [-0.2, 0) is 0 Å². The largest absolute Gasteiger partial charge is 0.301 e. The average Bonchev–Trinajstić information content (AvgIpc) is 1.63. The molecule has 0 radical (unpaired) electrons. The zero-order valence-electron chi connectivity index (χ0n) is 6.71. The summed E-state index contributed by atoms with van der Waals surface area (Å²) in [5, 5.41) is 3.25. The first kappa shape index (κ1) is 8.52. The van der Waals surface area contributed by atoms with E-state index >= 15 is 0 Å². The number of hydrogen-bond donors (Lipinski definition) is 1. The van der Waals surface area contributed by atoms with E-state index < -0.39 is 0 Å². The van der Waals surface area contributed by atoms with Gasteiger partial charge in [0.2, 0.25) is 0 Å². The highest BCUT2D eigenvalue weighted by Gasteiger charge is 2.05. The van der Waals surface area contributed by atoms with Crippen molar-refractivity contribution in [2.24, 2.45) is 0 Å². The van der Waals surface area contributed by atoms with Gasteiger partial charge in [0.15, 0.2) is 0 Å². The summed E-state index contributed by atoms with van der Waals surface area (Å²) in [5.74, 6) is 5.77. The molecule has 0 aliphatic carbocycles. The molecule has 0 saturated carbocycles. The minimum atomic E-state index is 0.198. The van der Waals surface area contributed by atoms with Crippen molar-refractivity contribution in [1.29, 1.82) is 0 Å². The Morgan fingerprint density at radius 2 is 1.89 bits per heavy atom. The van der Waals surface area contributed by atoms with Crippen molar-refractivity contribution in [1.82, 2.24) is 5.32 Å². The topological polar surface area (TPSA) is 12.0 Å². The molecule has 0 unspecified atom stereocenters. The van der Waals surface area contributed by atoms with E-state index in [9.17, 15) is 0 Å². The molecule has 0 aliphatic rings. The molecule has 0 bridgehead atoms. The van der Waals surface area contributed by atoms with E-state index in [0.29, 0.717) is 0 Å². The van der Waals surface area contributed by atoms with E-state index in [0.717, 1.165) is 6.54 Å². The van der Waals surface area contributed by atoms with Gasteiger partial charge in [0.05, 0.1) is 6.54 Å². The fourth-order valence-corrected chi connectivity index (χ4v) is 0.398. The molecule has 1 nitrogen and oxygen atoms in total. The lowest BCUT2D eigenvalue weighted by Crippen LogP contribution is -2.35. The second kappa shape index (κ2) is 3.53. The molecule has 0 saturated heterocycles. The van der Waals surface area contributed by atoms with Crippen molar-refractivity contribution in [3.05, 3.63) is 0 Å². The third-order valence-corrected chi connectivity index (χ3v) is 0.884. The quantitative estimate of drug-likeness (QED) is 0.522. The van der Waals surface area contributed by atoms with Crippen molar-refractivity contribution in [2.75, 3.05) is 6.54 Å². The molecule has 0 aromatic rings.